The number of piperidine rings is 1. The number of amides is 1. The third-order valence-corrected chi connectivity index (χ3v) is 6.24. The molecule has 0 aliphatic carbocycles. The van der Waals surface area contributed by atoms with Gasteiger partial charge in [-0.2, -0.15) is 0 Å². The smallest absolute Gasteiger partial charge is 0.224 e. The summed E-state index contributed by atoms with van der Waals surface area (Å²) in [5.41, 5.74) is 3.07. The standard InChI is InChI=1S/C27H31N3O3/c1-32-23-10-6-20(7-11-23)19-30-17-14-22(15-18-30)27(31)29-26(25-5-3-4-16-28-25)21-8-12-24(33-2)13-9-21/h3-13,16,22,26H,14-15,17-19H2,1-2H3,(H,29,31). The molecule has 0 bridgehead atoms. The molecule has 33 heavy (non-hydrogen) atoms. The number of carbonyl (C=O) groups is 1. The summed E-state index contributed by atoms with van der Waals surface area (Å²) >= 11 is 0. The number of benzene rings is 2. The van der Waals surface area contributed by atoms with Gasteiger partial charge in [-0.15, -0.1) is 0 Å². The molecule has 4 rings (SSSR count). The molecule has 2 aromatic carbocycles. The molecule has 6 nitrogen and oxygen atoms in total. The monoisotopic (exact) mass is 445 g/mol. The van der Waals surface area contributed by atoms with E-state index in [4.69, 9.17) is 9.47 Å². The minimum atomic E-state index is -0.290. The van der Waals surface area contributed by atoms with Gasteiger partial charge in [-0.05, 0) is 73.5 Å². The molecule has 0 saturated carbocycles. The number of ether oxygens (including phenoxy) is 2. The van der Waals surface area contributed by atoms with Crippen molar-refractivity contribution in [2.75, 3.05) is 27.3 Å². The van der Waals surface area contributed by atoms with E-state index < -0.39 is 0 Å². The summed E-state index contributed by atoms with van der Waals surface area (Å²) in [6.07, 6.45) is 3.45. The Labute approximate surface area is 195 Å². The van der Waals surface area contributed by atoms with Crippen LogP contribution in [-0.4, -0.2) is 43.1 Å². The Balaban J connectivity index is 1.38. The van der Waals surface area contributed by atoms with Crippen molar-refractivity contribution >= 4 is 5.91 Å². The van der Waals surface area contributed by atoms with Gasteiger partial charge >= 0.3 is 0 Å². The summed E-state index contributed by atoms with van der Waals surface area (Å²) in [5, 5.41) is 3.26. The van der Waals surface area contributed by atoms with E-state index in [1.54, 1.807) is 20.4 Å². The van der Waals surface area contributed by atoms with Crippen LogP contribution in [0.2, 0.25) is 0 Å². The number of pyridine rings is 1. The van der Waals surface area contributed by atoms with Gasteiger partial charge in [0, 0.05) is 18.7 Å². The molecule has 1 aliphatic heterocycles. The number of nitrogens with zero attached hydrogens (tertiary/aromatic N) is 2. The lowest BCUT2D eigenvalue weighted by atomic mass is 9.94. The Hall–Kier alpha value is -3.38. The van der Waals surface area contributed by atoms with Crippen LogP contribution in [0.3, 0.4) is 0 Å². The van der Waals surface area contributed by atoms with Crippen LogP contribution in [-0.2, 0) is 11.3 Å². The minimum Gasteiger partial charge on any atom is -0.497 e. The van der Waals surface area contributed by atoms with E-state index in [1.165, 1.54) is 5.56 Å². The number of likely N-dealkylation sites (tertiary alicyclic amines) is 1. The van der Waals surface area contributed by atoms with Crippen LogP contribution in [0.5, 0.6) is 11.5 Å². The van der Waals surface area contributed by atoms with Crippen molar-refractivity contribution in [3.8, 4) is 11.5 Å². The number of methoxy groups -OCH3 is 2. The second-order valence-electron chi connectivity index (χ2n) is 8.37. The van der Waals surface area contributed by atoms with Gasteiger partial charge in [-0.1, -0.05) is 30.3 Å². The lowest BCUT2D eigenvalue weighted by Crippen LogP contribution is -2.41. The van der Waals surface area contributed by atoms with Crippen LogP contribution in [0, 0.1) is 5.92 Å². The molecule has 1 aliphatic rings. The summed E-state index contributed by atoms with van der Waals surface area (Å²) in [6, 6.07) is 21.5. The molecule has 1 fully saturated rings. The van der Waals surface area contributed by atoms with Gasteiger partial charge in [0.25, 0.3) is 0 Å². The minimum absolute atomic E-state index is 0.00146. The Bertz CT molecular complexity index is 1010. The first kappa shape index (κ1) is 22.8. The first-order valence-electron chi connectivity index (χ1n) is 11.4. The molecule has 1 atom stereocenters. The van der Waals surface area contributed by atoms with Crippen LogP contribution in [0.25, 0.3) is 0 Å². The zero-order valence-electron chi connectivity index (χ0n) is 19.2. The molecule has 6 heteroatoms. The van der Waals surface area contributed by atoms with E-state index in [0.29, 0.717) is 0 Å². The molecule has 172 valence electrons. The zero-order valence-corrected chi connectivity index (χ0v) is 19.2. The maximum absolute atomic E-state index is 13.2. The lowest BCUT2D eigenvalue weighted by molar-refractivity contribution is -0.127. The van der Waals surface area contributed by atoms with Gasteiger partial charge in [0.15, 0.2) is 0 Å². The van der Waals surface area contributed by atoms with Crippen molar-refractivity contribution < 1.29 is 14.3 Å². The average Bonchev–Trinajstić information content (AvgIpc) is 2.88. The summed E-state index contributed by atoms with van der Waals surface area (Å²) in [5.74, 6) is 1.75. The van der Waals surface area contributed by atoms with E-state index in [9.17, 15) is 4.79 Å². The third kappa shape index (κ3) is 5.90. The van der Waals surface area contributed by atoms with Gasteiger partial charge < -0.3 is 14.8 Å². The number of nitrogens with one attached hydrogen (secondary N) is 1. The second kappa shape index (κ2) is 11.0. The maximum Gasteiger partial charge on any atom is 0.224 e. The predicted octanol–water partition coefficient (Wildman–Crippen LogP) is 4.22. The fourth-order valence-corrected chi connectivity index (χ4v) is 4.27. The van der Waals surface area contributed by atoms with Crippen molar-refractivity contribution in [1.82, 2.24) is 15.2 Å². The van der Waals surface area contributed by atoms with Gasteiger partial charge in [0.2, 0.25) is 5.91 Å². The van der Waals surface area contributed by atoms with Gasteiger partial charge in [-0.25, -0.2) is 0 Å². The molecule has 3 aromatic rings. The highest BCUT2D eigenvalue weighted by molar-refractivity contribution is 5.79. The zero-order chi connectivity index (χ0) is 23.0. The predicted molar refractivity (Wildman–Crippen MR) is 128 cm³/mol. The Morgan fingerprint density at radius 3 is 2.18 bits per heavy atom. The molecular weight excluding hydrogens is 414 g/mol. The number of rotatable bonds is 8. The number of hydrogen-bond acceptors (Lipinski definition) is 5. The summed E-state index contributed by atoms with van der Waals surface area (Å²) in [4.78, 5) is 20.1. The fraction of sp³-hybridized carbons (Fsp3) is 0.333. The van der Waals surface area contributed by atoms with E-state index in [2.05, 4.69) is 27.3 Å². The van der Waals surface area contributed by atoms with Crippen molar-refractivity contribution in [2.24, 2.45) is 5.92 Å². The largest absolute Gasteiger partial charge is 0.497 e. The van der Waals surface area contributed by atoms with E-state index in [-0.39, 0.29) is 17.9 Å². The maximum atomic E-state index is 13.2. The number of carbonyl (C=O) groups excluding carboxylic acids is 1. The first-order valence-corrected chi connectivity index (χ1v) is 11.4. The Kier molecular flexibility index (Phi) is 7.58. The van der Waals surface area contributed by atoms with Crippen molar-refractivity contribution in [2.45, 2.75) is 25.4 Å². The molecule has 1 aromatic heterocycles. The van der Waals surface area contributed by atoms with E-state index in [0.717, 1.165) is 55.2 Å². The van der Waals surface area contributed by atoms with Gasteiger partial charge in [-0.3, -0.25) is 14.7 Å². The van der Waals surface area contributed by atoms with Crippen LogP contribution in [0.4, 0.5) is 0 Å². The molecule has 1 N–H and O–H groups in total. The number of aromatic nitrogens is 1. The molecule has 1 unspecified atom stereocenters. The quantitative estimate of drug-likeness (QED) is 0.563. The highest BCUT2D eigenvalue weighted by atomic mass is 16.5. The fourth-order valence-electron chi connectivity index (χ4n) is 4.27. The first-order chi connectivity index (χ1) is 16.2. The topological polar surface area (TPSA) is 63.7 Å². The van der Waals surface area contributed by atoms with E-state index in [1.807, 2.05) is 54.6 Å². The van der Waals surface area contributed by atoms with E-state index >= 15 is 0 Å². The highest BCUT2D eigenvalue weighted by Crippen LogP contribution is 2.26. The van der Waals surface area contributed by atoms with Crippen LogP contribution in [0.1, 0.15) is 35.7 Å². The summed E-state index contributed by atoms with van der Waals surface area (Å²) in [6.45, 7) is 2.70. The SMILES string of the molecule is COc1ccc(CN2CCC(C(=O)NC(c3ccc(OC)cc3)c3ccccn3)CC2)cc1. The van der Waals surface area contributed by atoms with Crippen LogP contribution < -0.4 is 14.8 Å². The molecule has 1 saturated heterocycles. The Morgan fingerprint density at radius 1 is 0.970 bits per heavy atom. The number of hydrogen-bond donors (Lipinski definition) is 1. The summed E-state index contributed by atoms with van der Waals surface area (Å²) in [7, 11) is 3.33. The molecule has 2 heterocycles. The molecular formula is C27H31N3O3. The molecule has 0 spiro atoms. The Morgan fingerprint density at radius 2 is 1.61 bits per heavy atom. The average molecular weight is 446 g/mol. The lowest BCUT2D eigenvalue weighted by Gasteiger charge is -2.32. The van der Waals surface area contributed by atoms with Crippen LogP contribution >= 0.6 is 0 Å². The molecule has 0 radical (unpaired) electrons. The third-order valence-electron chi connectivity index (χ3n) is 6.24. The highest BCUT2D eigenvalue weighted by Gasteiger charge is 2.28. The van der Waals surface area contributed by atoms with Crippen molar-refractivity contribution in [3.05, 3.63) is 89.7 Å². The second-order valence-corrected chi connectivity index (χ2v) is 8.37. The normalized spacial score (nSPS) is 15.6. The molecule has 1 amide bonds. The van der Waals surface area contributed by atoms with Crippen LogP contribution in [0.15, 0.2) is 72.9 Å². The van der Waals surface area contributed by atoms with Crippen molar-refractivity contribution in [3.63, 3.8) is 0 Å². The van der Waals surface area contributed by atoms with Crippen molar-refractivity contribution in [1.29, 1.82) is 0 Å². The summed E-state index contributed by atoms with van der Waals surface area (Å²) < 4.78 is 10.5. The van der Waals surface area contributed by atoms with Gasteiger partial charge in [0.05, 0.1) is 26.0 Å². The van der Waals surface area contributed by atoms with Gasteiger partial charge in [0.1, 0.15) is 11.5 Å².